The predicted octanol–water partition coefficient (Wildman–Crippen LogP) is 5.07. The molecule has 32 heavy (non-hydrogen) atoms. The largest absolute Gasteiger partial charge is 0.462 e. The monoisotopic (exact) mass is 447 g/mol. The molecule has 1 aromatic heterocycles. The number of para-hydroxylation sites is 1. The third-order valence-corrected chi connectivity index (χ3v) is 4.15. The Balaban J connectivity index is 1.93. The second-order valence-corrected chi connectivity index (χ2v) is 6.27. The van der Waals surface area contributed by atoms with Crippen molar-refractivity contribution in [1.29, 1.82) is 0 Å². The van der Waals surface area contributed by atoms with Gasteiger partial charge in [-0.2, -0.15) is 13.2 Å². The van der Waals surface area contributed by atoms with Crippen molar-refractivity contribution in [3.05, 3.63) is 76.1 Å². The lowest BCUT2D eigenvalue weighted by Gasteiger charge is -2.14. The van der Waals surface area contributed by atoms with Gasteiger partial charge in [-0.25, -0.2) is 14.8 Å². The third-order valence-electron chi connectivity index (χ3n) is 4.15. The second-order valence-electron chi connectivity index (χ2n) is 6.27. The maximum absolute atomic E-state index is 13.3. The number of carbonyl (C=O) groups excluding carboxylic acids is 1. The molecule has 2 N–H and O–H groups in total. The number of nitro groups is 1. The number of carbonyl (C=O) groups is 1. The van der Waals surface area contributed by atoms with Crippen LogP contribution in [0.25, 0.3) is 0 Å². The molecule has 0 spiro atoms. The third kappa shape index (κ3) is 5.09. The van der Waals surface area contributed by atoms with Crippen LogP contribution in [0.2, 0.25) is 0 Å². The van der Waals surface area contributed by atoms with Crippen LogP contribution in [0.3, 0.4) is 0 Å². The summed E-state index contributed by atoms with van der Waals surface area (Å²) in [6.45, 7) is 1.88. The Bertz CT molecular complexity index is 1140. The van der Waals surface area contributed by atoms with E-state index in [-0.39, 0.29) is 18.0 Å². The molecule has 0 unspecified atom stereocenters. The number of anilines is 4. The normalized spacial score (nSPS) is 11.0. The summed E-state index contributed by atoms with van der Waals surface area (Å²) >= 11 is 0. The van der Waals surface area contributed by atoms with E-state index in [1.807, 2.05) is 0 Å². The number of hydrogen-bond acceptors (Lipinski definition) is 8. The average molecular weight is 447 g/mol. The van der Waals surface area contributed by atoms with Gasteiger partial charge in [0, 0.05) is 5.69 Å². The zero-order valence-electron chi connectivity index (χ0n) is 16.5. The van der Waals surface area contributed by atoms with Crippen molar-refractivity contribution in [3.8, 4) is 0 Å². The van der Waals surface area contributed by atoms with Gasteiger partial charge in [0.15, 0.2) is 0 Å². The Labute approximate surface area is 179 Å². The summed E-state index contributed by atoms with van der Waals surface area (Å²) in [7, 11) is 0. The first-order valence-electron chi connectivity index (χ1n) is 9.17. The van der Waals surface area contributed by atoms with Crippen LogP contribution in [-0.2, 0) is 10.9 Å². The lowest BCUT2D eigenvalue weighted by molar-refractivity contribution is -0.383. The lowest BCUT2D eigenvalue weighted by Crippen LogP contribution is -2.11. The van der Waals surface area contributed by atoms with Crippen LogP contribution >= 0.6 is 0 Å². The van der Waals surface area contributed by atoms with Gasteiger partial charge < -0.3 is 15.4 Å². The highest BCUT2D eigenvalue weighted by atomic mass is 19.4. The minimum atomic E-state index is -4.67. The van der Waals surface area contributed by atoms with Crippen LogP contribution < -0.4 is 10.6 Å². The van der Waals surface area contributed by atoms with Crippen molar-refractivity contribution in [2.24, 2.45) is 0 Å². The number of benzene rings is 2. The lowest BCUT2D eigenvalue weighted by atomic mass is 10.1. The van der Waals surface area contributed by atoms with E-state index in [2.05, 4.69) is 20.6 Å². The summed E-state index contributed by atoms with van der Waals surface area (Å²) in [5, 5.41) is 16.8. The van der Waals surface area contributed by atoms with E-state index in [1.165, 1.54) is 36.4 Å². The molecule has 0 amide bonds. The van der Waals surface area contributed by atoms with Gasteiger partial charge in [-0.1, -0.05) is 12.1 Å². The highest BCUT2D eigenvalue weighted by molar-refractivity contribution is 5.90. The maximum Gasteiger partial charge on any atom is 0.418 e. The van der Waals surface area contributed by atoms with Crippen molar-refractivity contribution in [2.75, 3.05) is 17.2 Å². The molecule has 1 heterocycles. The van der Waals surface area contributed by atoms with Gasteiger partial charge in [0.05, 0.1) is 28.3 Å². The van der Waals surface area contributed by atoms with E-state index >= 15 is 0 Å². The molecule has 0 radical (unpaired) electrons. The molecule has 0 fully saturated rings. The maximum atomic E-state index is 13.3. The molecule has 0 saturated carbocycles. The SMILES string of the molecule is CCOC(=O)c1ccc(Nc2ncnc(Nc3ccccc3C(F)(F)F)c2[N+](=O)[O-])cc1. The summed E-state index contributed by atoms with van der Waals surface area (Å²) in [5.41, 5.74) is -1.43. The van der Waals surface area contributed by atoms with Crippen LogP contribution in [0, 0.1) is 10.1 Å². The van der Waals surface area contributed by atoms with Gasteiger partial charge in [0.25, 0.3) is 0 Å². The molecule has 0 atom stereocenters. The molecule has 0 saturated heterocycles. The quantitative estimate of drug-likeness (QED) is 0.293. The number of halogens is 3. The van der Waals surface area contributed by atoms with Gasteiger partial charge >= 0.3 is 17.8 Å². The molecular formula is C20H16F3N5O4. The summed E-state index contributed by atoms with van der Waals surface area (Å²) in [5.74, 6) is -1.20. The van der Waals surface area contributed by atoms with Crippen LogP contribution in [0.4, 0.5) is 41.9 Å². The van der Waals surface area contributed by atoms with E-state index in [0.717, 1.165) is 18.5 Å². The van der Waals surface area contributed by atoms with Crippen molar-refractivity contribution in [1.82, 2.24) is 9.97 Å². The Hall–Kier alpha value is -4.22. The zero-order chi connectivity index (χ0) is 23.3. The van der Waals surface area contributed by atoms with Gasteiger partial charge in [-0.3, -0.25) is 10.1 Å². The number of rotatable bonds is 7. The van der Waals surface area contributed by atoms with Crippen LogP contribution in [0.1, 0.15) is 22.8 Å². The van der Waals surface area contributed by atoms with Gasteiger partial charge in [0.1, 0.15) is 6.33 Å². The predicted molar refractivity (Wildman–Crippen MR) is 109 cm³/mol. The molecular weight excluding hydrogens is 431 g/mol. The molecule has 0 aliphatic rings. The molecule has 3 rings (SSSR count). The first-order chi connectivity index (χ1) is 15.2. The minimum absolute atomic E-state index is 0.208. The Morgan fingerprint density at radius 3 is 2.28 bits per heavy atom. The summed E-state index contributed by atoms with van der Waals surface area (Å²) < 4.78 is 44.7. The fourth-order valence-corrected chi connectivity index (χ4v) is 2.74. The van der Waals surface area contributed by atoms with Crippen molar-refractivity contribution in [2.45, 2.75) is 13.1 Å². The standard InChI is InChI=1S/C20H16F3N5O4/c1-2-32-19(29)12-7-9-13(10-8-12)26-17-16(28(30)31)18(25-11-24-17)27-15-6-4-3-5-14(15)20(21,22)23/h3-11H,2H2,1H3,(H2,24,25,26,27). The fraction of sp³-hybridized carbons (Fsp3) is 0.150. The first kappa shape index (κ1) is 22.5. The Morgan fingerprint density at radius 2 is 1.69 bits per heavy atom. The Morgan fingerprint density at radius 1 is 1.06 bits per heavy atom. The number of alkyl halides is 3. The van der Waals surface area contributed by atoms with Crippen LogP contribution in [-0.4, -0.2) is 27.5 Å². The molecule has 2 aromatic carbocycles. The molecule has 12 heteroatoms. The minimum Gasteiger partial charge on any atom is -0.462 e. The first-order valence-corrected chi connectivity index (χ1v) is 9.17. The molecule has 0 aliphatic carbocycles. The molecule has 166 valence electrons. The smallest absolute Gasteiger partial charge is 0.418 e. The number of ether oxygens (including phenoxy) is 1. The van der Waals surface area contributed by atoms with Crippen molar-refractivity contribution < 1.29 is 27.6 Å². The zero-order valence-corrected chi connectivity index (χ0v) is 16.5. The number of esters is 1. The summed E-state index contributed by atoms with van der Waals surface area (Å²) in [4.78, 5) is 30.2. The topological polar surface area (TPSA) is 119 Å². The van der Waals surface area contributed by atoms with E-state index in [0.29, 0.717) is 5.69 Å². The highest BCUT2D eigenvalue weighted by Gasteiger charge is 2.34. The summed E-state index contributed by atoms with van der Waals surface area (Å²) in [6, 6.07) is 10.4. The van der Waals surface area contributed by atoms with Crippen molar-refractivity contribution >= 4 is 34.7 Å². The Kier molecular flexibility index (Phi) is 6.52. The van der Waals surface area contributed by atoms with Crippen LogP contribution in [0.15, 0.2) is 54.9 Å². The van der Waals surface area contributed by atoms with E-state index < -0.39 is 39.8 Å². The number of hydrogen-bond donors (Lipinski definition) is 2. The molecule has 3 aromatic rings. The molecule has 0 bridgehead atoms. The average Bonchev–Trinajstić information content (AvgIpc) is 2.74. The number of nitrogens with zero attached hydrogens (tertiary/aromatic N) is 3. The summed E-state index contributed by atoms with van der Waals surface area (Å²) in [6.07, 6.45) is -3.70. The molecule has 0 aliphatic heterocycles. The number of aromatic nitrogens is 2. The van der Waals surface area contributed by atoms with Crippen molar-refractivity contribution in [3.63, 3.8) is 0 Å². The van der Waals surface area contributed by atoms with Gasteiger partial charge in [-0.05, 0) is 43.3 Å². The van der Waals surface area contributed by atoms with E-state index in [1.54, 1.807) is 6.92 Å². The van der Waals surface area contributed by atoms with Gasteiger partial charge in [0.2, 0.25) is 11.6 Å². The van der Waals surface area contributed by atoms with E-state index in [4.69, 9.17) is 4.74 Å². The van der Waals surface area contributed by atoms with Crippen LogP contribution in [0.5, 0.6) is 0 Å². The highest BCUT2D eigenvalue weighted by Crippen LogP contribution is 2.38. The number of nitrogens with one attached hydrogen (secondary N) is 2. The van der Waals surface area contributed by atoms with Gasteiger partial charge in [-0.15, -0.1) is 0 Å². The van der Waals surface area contributed by atoms with E-state index in [9.17, 15) is 28.1 Å². The molecule has 9 nitrogen and oxygen atoms in total. The fourth-order valence-electron chi connectivity index (χ4n) is 2.74. The second kappa shape index (κ2) is 9.29.